The van der Waals surface area contributed by atoms with E-state index in [1.807, 2.05) is 13.0 Å². The number of sulfonamides is 1. The van der Waals surface area contributed by atoms with Gasteiger partial charge >= 0.3 is 0 Å². The van der Waals surface area contributed by atoms with Crippen LogP contribution in [0.25, 0.3) is 0 Å². The first-order valence-electron chi connectivity index (χ1n) is 10.3. The molecule has 0 aliphatic carbocycles. The summed E-state index contributed by atoms with van der Waals surface area (Å²) < 4.78 is 27.7. The molecule has 0 saturated heterocycles. The summed E-state index contributed by atoms with van der Waals surface area (Å²) in [7, 11) is -3.85. The van der Waals surface area contributed by atoms with Crippen molar-refractivity contribution in [3.05, 3.63) is 60.2 Å². The first-order valence-corrected chi connectivity index (χ1v) is 11.7. The number of hydrogen-bond acceptors (Lipinski definition) is 3. The van der Waals surface area contributed by atoms with E-state index in [4.69, 9.17) is 0 Å². The van der Waals surface area contributed by atoms with Crippen molar-refractivity contribution < 1.29 is 13.2 Å². The molecule has 0 fully saturated rings. The van der Waals surface area contributed by atoms with Gasteiger partial charge in [0, 0.05) is 6.54 Å². The number of aryl methyl sites for hydroxylation is 1. The number of anilines is 1. The molecule has 0 aliphatic heterocycles. The van der Waals surface area contributed by atoms with E-state index in [-0.39, 0.29) is 17.3 Å². The lowest BCUT2D eigenvalue weighted by Gasteiger charge is -2.24. The first kappa shape index (κ1) is 22.9. The second-order valence-electron chi connectivity index (χ2n) is 7.38. The Kier molecular flexibility index (Phi) is 8.70. The second kappa shape index (κ2) is 11.0. The maximum Gasteiger partial charge on any atom is 0.264 e. The van der Waals surface area contributed by atoms with Gasteiger partial charge in [-0.25, -0.2) is 8.42 Å². The number of nitrogens with one attached hydrogen (secondary N) is 1. The van der Waals surface area contributed by atoms with Crippen LogP contribution in [0.3, 0.4) is 0 Å². The molecule has 29 heavy (non-hydrogen) atoms. The summed E-state index contributed by atoms with van der Waals surface area (Å²) in [6.07, 6.45) is 4.31. The van der Waals surface area contributed by atoms with Crippen molar-refractivity contribution in [2.75, 3.05) is 17.4 Å². The van der Waals surface area contributed by atoms with E-state index >= 15 is 0 Å². The Balaban J connectivity index is 2.19. The molecule has 0 spiro atoms. The normalized spacial score (nSPS) is 12.4. The number of para-hydroxylation sites is 1. The van der Waals surface area contributed by atoms with Crippen molar-refractivity contribution in [1.29, 1.82) is 0 Å². The van der Waals surface area contributed by atoms with Crippen LogP contribution in [-0.4, -0.2) is 27.4 Å². The van der Waals surface area contributed by atoms with Gasteiger partial charge in [-0.1, -0.05) is 69.0 Å². The summed E-state index contributed by atoms with van der Waals surface area (Å²) in [5, 5.41) is 2.93. The molecule has 1 atom stereocenters. The van der Waals surface area contributed by atoms with Crippen LogP contribution in [0.4, 0.5) is 5.69 Å². The molecular weight excluding hydrogens is 384 g/mol. The summed E-state index contributed by atoms with van der Waals surface area (Å²) in [6, 6.07) is 15.4. The minimum Gasteiger partial charge on any atom is -0.354 e. The minimum atomic E-state index is -3.85. The largest absolute Gasteiger partial charge is 0.354 e. The Labute approximate surface area is 175 Å². The highest BCUT2D eigenvalue weighted by Gasteiger charge is 2.27. The topological polar surface area (TPSA) is 66.5 Å². The molecule has 0 bridgehead atoms. The summed E-state index contributed by atoms with van der Waals surface area (Å²) >= 11 is 0. The molecule has 0 aromatic heterocycles. The van der Waals surface area contributed by atoms with Crippen molar-refractivity contribution in [3.63, 3.8) is 0 Å². The lowest BCUT2D eigenvalue weighted by atomic mass is 9.99. The summed E-state index contributed by atoms with van der Waals surface area (Å²) in [5.41, 5.74) is 1.45. The molecular formula is C23H32N2O3S. The number of unbranched alkanes of at least 4 members (excludes halogenated alkanes) is 1. The van der Waals surface area contributed by atoms with Gasteiger partial charge in [0.15, 0.2) is 0 Å². The van der Waals surface area contributed by atoms with Gasteiger partial charge in [-0.15, -0.1) is 0 Å². The molecule has 5 nitrogen and oxygen atoms in total. The van der Waals surface area contributed by atoms with Crippen molar-refractivity contribution in [2.45, 2.75) is 51.3 Å². The van der Waals surface area contributed by atoms with E-state index < -0.39 is 10.0 Å². The smallest absolute Gasteiger partial charge is 0.264 e. The van der Waals surface area contributed by atoms with E-state index in [1.54, 1.807) is 48.5 Å². The van der Waals surface area contributed by atoms with Crippen LogP contribution in [0.1, 0.15) is 45.1 Å². The van der Waals surface area contributed by atoms with Gasteiger partial charge in [-0.05, 0) is 43.5 Å². The Bertz CT molecular complexity index is 865. The van der Waals surface area contributed by atoms with E-state index in [9.17, 15) is 13.2 Å². The van der Waals surface area contributed by atoms with Crippen molar-refractivity contribution >= 4 is 21.6 Å². The summed E-state index contributed by atoms with van der Waals surface area (Å²) in [6.45, 7) is 6.50. The number of nitrogens with zero attached hydrogens (tertiary/aromatic N) is 1. The van der Waals surface area contributed by atoms with Crippen LogP contribution in [-0.2, 0) is 14.8 Å². The van der Waals surface area contributed by atoms with Crippen molar-refractivity contribution in [3.8, 4) is 0 Å². The number of hydrogen-bond donors (Lipinski definition) is 1. The first-order chi connectivity index (χ1) is 13.9. The Morgan fingerprint density at radius 2 is 1.69 bits per heavy atom. The van der Waals surface area contributed by atoms with Gasteiger partial charge in [0.2, 0.25) is 5.91 Å². The second-order valence-corrected chi connectivity index (χ2v) is 9.24. The van der Waals surface area contributed by atoms with Gasteiger partial charge in [-0.2, -0.15) is 0 Å². The van der Waals surface area contributed by atoms with Crippen LogP contribution >= 0.6 is 0 Å². The quantitative estimate of drug-likeness (QED) is 0.585. The molecule has 2 aromatic rings. The van der Waals surface area contributed by atoms with Crippen LogP contribution in [0.15, 0.2) is 59.5 Å². The van der Waals surface area contributed by atoms with Crippen molar-refractivity contribution in [1.82, 2.24) is 5.32 Å². The predicted molar refractivity (Wildman–Crippen MR) is 118 cm³/mol. The van der Waals surface area contributed by atoms with E-state index in [0.29, 0.717) is 18.2 Å². The average molecular weight is 417 g/mol. The zero-order valence-electron chi connectivity index (χ0n) is 17.6. The predicted octanol–water partition coefficient (Wildman–Crippen LogP) is 4.52. The fraction of sp³-hybridized carbons (Fsp3) is 0.435. The van der Waals surface area contributed by atoms with Crippen molar-refractivity contribution in [2.24, 2.45) is 5.92 Å². The Hall–Kier alpha value is -2.34. The molecule has 158 valence electrons. The average Bonchev–Trinajstić information content (AvgIpc) is 2.73. The molecule has 1 N–H and O–H groups in total. The monoisotopic (exact) mass is 416 g/mol. The Morgan fingerprint density at radius 1 is 1.03 bits per heavy atom. The van der Waals surface area contributed by atoms with E-state index in [2.05, 4.69) is 19.2 Å². The standard InChI is InChI=1S/C23H32N2O3S/c1-4-6-10-20(5-2)17-24-23(26)18-25(21-11-8-7-9-12-21)29(27,28)22-15-13-19(3)14-16-22/h7-9,11-16,20H,4-6,10,17-18H2,1-3H3,(H,24,26)/t20-/m1/s1. The molecule has 0 heterocycles. The summed E-state index contributed by atoms with van der Waals surface area (Å²) in [4.78, 5) is 12.8. The maximum absolute atomic E-state index is 13.3. The minimum absolute atomic E-state index is 0.175. The number of rotatable bonds is 11. The molecule has 2 aromatic carbocycles. The van der Waals surface area contributed by atoms with Crippen LogP contribution in [0.5, 0.6) is 0 Å². The van der Waals surface area contributed by atoms with Gasteiger partial charge in [0.1, 0.15) is 6.54 Å². The highest BCUT2D eigenvalue weighted by atomic mass is 32.2. The SMILES string of the molecule is CCCC[C@@H](CC)CNC(=O)CN(c1ccccc1)S(=O)(=O)c1ccc(C)cc1. The highest BCUT2D eigenvalue weighted by molar-refractivity contribution is 7.92. The van der Waals surface area contributed by atoms with Gasteiger partial charge in [0.05, 0.1) is 10.6 Å². The number of amides is 1. The third-order valence-electron chi connectivity index (χ3n) is 5.07. The van der Waals surface area contributed by atoms with Gasteiger partial charge < -0.3 is 5.32 Å². The number of carbonyl (C=O) groups is 1. The number of benzene rings is 2. The molecule has 2 rings (SSSR count). The van der Waals surface area contributed by atoms with Crippen LogP contribution < -0.4 is 9.62 Å². The fourth-order valence-electron chi connectivity index (χ4n) is 3.13. The molecule has 0 unspecified atom stereocenters. The van der Waals surface area contributed by atoms with Crippen LogP contribution in [0, 0.1) is 12.8 Å². The van der Waals surface area contributed by atoms with E-state index in [0.717, 1.165) is 31.2 Å². The fourth-order valence-corrected chi connectivity index (χ4v) is 4.56. The lowest BCUT2D eigenvalue weighted by molar-refractivity contribution is -0.119. The Morgan fingerprint density at radius 3 is 2.28 bits per heavy atom. The molecule has 0 radical (unpaired) electrons. The molecule has 1 amide bonds. The lowest BCUT2D eigenvalue weighted by Crippen LogP contribution is -2.42. The van der Waals surface area contributed by atoms with Crippen LogP contribution in [0.2, 0.25) is 0 Å². The molecule has 0 aliphatic rings. The third-order valence-corrected chi connectivity index (χ3v) is 6.86. The zero-order valence-corrected chi connectivity index (χ0v) is 18.4. The van der Waals surface area contributed by atoms with Gasteiger partial charge in [0.25, 0.3) is 10.0 Å². The number of carbonyl (C=O) groups excluding carboxylic acids is 1. The van der Waals surface area contributed by atoms with E-state index in [1.165, 1.54) is 4.31 Å². The highest BCUT2D eigenvalue weighted by Crippen LogP contribution is 2.23. The van der Waals surface area contributed by atoms with Gasteiger partial charge in [-0.3, -0.25) is 9.10 Å². The zero-order chi connectivity index (χ0) is 21.3. The maximum atomic E-state index is 13.3. The molecule has 0 saturated carbocycles. The summed E-state index contributed by atoms with van der Waals surface area (Å²) in [5.74, 6) is 0.122. The third kappa shape index (κ3) is 6.60. The molecule has 6 heteroatoms.